The maximum atomic E-state index is 10.8. The predicted octanol–water partition coefficient (Wildman–Crippen LogP) is 1.04. The number of carboxylic acid groups (broad SMARTS) is 1. The van der Waals surface area contributed by atoms with E-state index in [9.17, 15) is 4.79 Å². The van der Waals surface area contributed by atoms with Gasteiger partial charge in [0.05, 0.1) is 0 Å². The fourth-order valence-corrected chi connectivity index (χ4v) is 2.02. The Morgan fingerprint density at radius 2 is 2.25 bits per heavy atom. The summed E-state index contributed by atoms with van der Waals surface area (Å²) in [5, 5.41) is 8.89. The zero-order chi connectivity index (χ0) is 12.1. The molecule has 0 aromatic heterocycles. The van der Waals surface area contributed by atoms with Crippen molar-refractivity contribution < 1.29 is 9.90 Å². The third-order valence-corrected chi connectivity index (χ3v) is 3.23. The number of likely N-dealkylation sites (N-methyl/N-ethyl adjacent to an activating group) is 1. The largest absolute Gasteiger partial charge is 0.478 e. The van der Waals surface area contributed by atoms with E-state index in [-0.39, 0.29) is 0 Å². The number of likely N-dealkylation sites (tertiary alicyclic amines) is 1. The van der Waals surface area contributed by atoms with E-state index >= 15 is 0 Å². The second-order valence-electron chi connectivity index (χ2n) is 4.55. The molecule has 1 aliphatic rings. The molecule has 0 bridgehead atoms. The molecule has 1 heterocycles. The first-order valence-corrected chi connectivity index (χ1v) is 5.85. The molecule has 1 N–H and O–H groups in total. The molecule has 0 aromatic rings. The highest BCUT2D eigenvalue weighted by Crippen LogP contribution is 2.13. The minimum absolute atomic E-state index is 0.522. The summed E-state index contributed by atoms with van der Waals surface area (Å²) in [4.78, 5) is 15.4. The lowest BCUT2D eigenvalue weighted by atomic mass is 10.2. The first kappa shape index (κ1) is 13.2. The molecule has 4 nitrogen and oxygen atoms in total. The smallest absolute Gasteiger partial charge is 0.331 e. The van der Waals surface area contributed by atoms with Crippen LogP contribution in [0.5, 0.6) is 0 Å². The average molecular weight is 226 g/mol. The van der Waals surface area contributed by atoms with Crippen molar-refractivity contribution in [2.24, 2.45) is 0 Å². The average Bonchev–Trinajstić information content (AvgIpc) is 2.67. The van der Waals surface area contributed by atoms with Gasteiger partial charge in [-0.05, 0) is 26.9 Å². The molecule has 16 heavy (non-hydrogen) atoms. The molecule has 1 fully saturated rings. The van der Waals surface area contributed by atoms with Crippen molar-refractivity contribution in [3.63, 3.8) is 0 Å². The summed E-state index contributed by atoms with van der Waals surface area (Å²) in [5.41, 5.74) is 0.522. The van der Waals surface area contributed by atoms with Gasteiger partial charge < -0.3 is 10.0 Å². The van der Waals surface area contributed by atoms with Crippen molar-refractivity contribution in [3.8, 4) is 0 Å². The number of aliphatic carboxylic acids is 1. The highest BCUT2D eigenvalue weighted by molar-refractivity contribution is 5.86. The molecule has 0 aromatic carbocycles. The summed E-state index contributed by atoms with van der Waals surface area (Å²) in [6.45, 7) is 4.75. The molecule has 0 aliphatic carbocycles. The lowest BCUT2D eigenvalue weighted by Gasteiger charge is -2.19. The Kier molecular flexibility index (Phi) is 4.96. The van der Waals surface area contributed by atoms with Crippen molar-refractivity contribution >= 4 is 5.97 Å². The predicted molar refractivity (Wildman–Crippen MR) is 64.5 cm³/mol. The summed E-state index contributed by atoms with van der Waals surface area (Å²) in [6.07, 6.45) is 3.62. The summed E-state index contributed by atoms with van der Waals surface area (Å²) in [6, 6.07) is 0.614. The van der Waals surface area contributed by atoms with E-state index in [0.717, 1.165) is 19.6 Å². The number of carbonyl (C=O) groups is 1. The molecular weight excluding hydrogens is 204 g/mol. The molecule has 0 radical (unpaired) electrons. The van der Waals surface area contributed by atoms with Crippen LogP contribution in [0.3, 0.4) is 0 Å². The molecule has 0 amide bonds. The molecular formula is C12H22N2O2. The summed E-state index contributed by atoms with van der Waals surface area (Å²) in [7, 11) is 4.19. The Morgan fingerprint density at radius 1 is 1.56 bits per heavy atom. The summed E-state index contributed by atoms with van der Waals surface area (Å²) >= 11 is 0. The van der Waals surface area contributed by atoms with Crippen LogP contribution < -0.4 is 0 Å². The third-order valence-electron chi connectivity index (χ3n) is 3.23. The molecule has 1 saturated heterocycles. The maximum absolute atomic E-state index is 10.8. The van der Waals surface area contributed by atoms with Crippen molar-refractivity contribution in [1.82, 2.24) is 9.80 Å². The lowest BCUT2D eigenvalue weighted by molar-refractivity contribution is -0.132. The van der Waals surface area contributed by atoms with Crippen LogP contribution in [0.4, 0.5) is 0 Å². The fraction of sp³-hybridized carbons (Fsp3) is 0.750. The molecule has 1 unspecified atom stereocenters. The van der Waals surface area contributed by atoms with Gasteiger partial charge in [-0.3, -0.25) is 4.90 Å². The monoisotopic (exact) mass is 226 g/mol. The van der Waals surface area contributed by atoms with Gasteiger partial charge in [-0.1, -0.05) is 13.0 Å². The zero-order valence-electron chi connectivity index (χ0n) is 10.4. The van der Waals surface area contributed by atoms with Gasteiger partial charge in [-0.2, -0.15) is 0 Å². The Hall–Kier alpha value is -0.870. The molecule has 92 valence electrons. The van der Waals surface area contributed by atoms with E-state index in [4.69, 9.17) is 5.11 Å². The standard InChI is InChI=1S/C12H22N2O2/c1-4-10(12(15)16)5-7-14-8-6-11(9-14)13(2)3/h5,11H,4,6-9H2,1-3H3,(H,15,16). The van der Waals surface area contributed by atoms with Crippen molar-refractivity contribution in [3.05, 3.63) is 11.6 Å². The summed E-state index contributed by atoms with van der Waals surface area (Å²) < 4.78 is 0. The van der Waals surface area contributed by atoms with Gasteiger partial charge in [-0.25, -0.2) is 4.79 Å². The SMILES string of the molecule is CCC(=CCN1CCC(N(C)C)C1)C(=O)O. The number of nitrogens with zero attached hydrogens (tertiary/aromatic N) is 2. The highest BCUT2D eigenvalue weighted by atomic mass is 16.4. The Labute approximate surface area is 97.5 Å². The minimum Gasteiger partial charge on any atom is -0.478 e. The van der Waals surface area contributed by atoms with Crippen molar-refractivity contribution in [2.45, 2.75) is 25.8 Å². The number of hydrogen-bond donors (Lipinski definition) is 1. The Morgan fingerprint density at radius 3 is 2.69 bits per heavy atom. The van der Waals surface area contributed by atoms with Crippen LogP contribution in [-0.2, 0) is 4.79 Å². The van der Waals surface area contributed by atoms with Crippen LogP contribution >= 0.6 is 0 Å². The molecule has 1 rings (SSSR count). The van der Waals surface area contributed by atoms with E-state index in [1.54, 1.807) is 0 Å². The van der Waals surface area contributed by atoms with Crippen LogP contribution in [0.1, 0.15) is 19.8 Å². The van der Waals surface area contributed by atoms with E-state index in [1.807, 2.05) is 13.0 Å². The van der Waals surface area contributed by atoms with Crippen LogP contribution in [0.2, 0.25) is 0 Å². The van der Waals surface area contributed by atoms with Crippen molar-refractivity contribution in [1.29, 1.82) is 0 Å². The van der Waals surface area contributed by atoms with Crippen LogP contribution in [0.25, 0.3) is 0 Å². The van der Waals surface area contributed by atoms with Gasteiger partial charge >= 0.3 is 5.97 Å². The molecule has 0 spiro atoms. The molecule has 1 atom stereocenters. The van der Waals surface area contributed by atoms with E-state index in [0.29, 0.717) is 18.0 Å². The molecule has 4 heteroatoms. The van der Waals surface area contributed by atoms with E-state index < -0.39 is 5.97 Å². The third kappa shape index (κ3) is 3.61. The van der Waals surface area contributed by atoms with Gasteiger partial charge in [0.15, 0.2) is 0 Å². The normalized spacial score (nSPS) is 23.0. The highest BCUT2D eigenvalue weighted by Gasteiger charge is 2.23. The van der Waals surface area contributed by atoms with Crippen molar-refractivity contribution in [2.75, 3.05) is 33.7 Å². The Balaban J connectivity index is 2.42. The van der Waals surface area contributed by atoms with E-state index in [2.05, 4.69) is 23.9 Å². The molecule has 0 saturated carbocycles. The fourth-order valence-electron chi connectivity index (χ4n) is 2.02. The van der Waals surface area contributed by atoms with Gasteiger partial charge in [0, 0.05) is 31.2 Å². The number of rotatable bonds is 5. The van der Waals surface area contributed by atoms with E-state index in [1.165, 1.54) is 6.42 Å². The van der Waals surface area contributed by atoms with Gasteiger partial charge in [-0.15, -0.1) is 0 Å². The molecule has 1 aliphatic heterocycles. The minimum atomic E-state index is -0.786. The van der Waals surface area contributed by atoms with Gasteiger partial charge in [0.25, 0.3) is 0 Å². The topological polar surface area (TPSA) is 43.8 Å². The first-order valence-electron chi connectivity index (χ1n) is 5.85. The number of hydrogen-bond acceptors (Lipinski definition) is 3. The zero-order valence-corrected chi connectivity index (χ0v) is 10.4. The second-order valence-corrected chi connectivity index (χ2v) is 4.55. The lowest BCUT2D eigenvalue weighted by Crippen LogP contribution is -2.31. The van der Waals surface area contributed by atoms with Gasteiger partial charge in [0.2, 0.25) is 0 Å². The maximum Gasteiger partial charge on any atom is 0.331 e. The van der Waals surface area contributed by atoms with Crippen LogP contribution in [0.15, 0.2) is 11.6 Å². The van der Waals surface area contributed by atoms with Crippen LogP contribution in [0, 0.1) is 0 Å². The quantitative estimate of drug-likeness (QED) is 0.711. The summed E-state index contributed by atoms with van der Waals surface area (Å²) in [5.74, 6) is -0.786. The first-order chi connectivity index (χ1) is 7.54. The van der Waals surface area contributed by atoms with Gasteiger partial charge in [0.1, 0.15) is 0 Å². The van der Waals surface area contributed by atoms with Crippen LogP contribution in [-0.4, -0.2) is 60.6 Å². The Bertz CT molecular complexity index is 274. The second kappa shape index (κ2) is 6.01. The number of carboxylic acids is 1.